The third-order valence-electron chi connectivity index (χ3n) is 7.74. The van der Waals surface area contributed by atoms with Gasteiger partial charge in [0.1, 0.15) is 0 Å². The van der Waals surface area contributed by atoms with Crippen LogP contribution in [-0.4, -0.2) is 79.9 Å². The van der Waals surface area contributed by atoms with Crippen LogP contribution in [0.1, 0.15) is 41.6 Å². The van der Waals surface area contributed by atoms with Crippen LogP contribution in [0, 0.1) is 5.92 Å². The van der Waals surface area contributed by atoms with Gasteiger partial charge in [0, 0.05) is 57.3 Å². The van der Waals surface area contributed by atoms with Crippen LogP contribution in [0.15, 0.2) is 48.5 Å². The fourth-order valence-corrected chi connectivity index (χ4v) is 5.33. The predicted octanol–water partition coefficient (Wildman–Crippen LogP) is 2.75. The lowest BCUT2D eigenvalue weighted by Gasteiger charge is -2.39. The summed E-state index contributed by atoms with van der Waals surface area (Å²) >= 11 is 0. The number of hydrogen-bond donors (Lipinski definition) is 2. The van der Waals surface area contributed by atoms with Gasteiger partial charge in [-0.05, 0) is 49.6 Å². The number of nitrogens with zero attached hydrogens (tertiary/aromatic N) is 3. The van der Waals surface area contributed by atoms with E-state index < -0.39 is 0 Å². The summed E-state index contributed by atoms with van der Waals surface area (Å²) in [7, 11) is 0. The van der Waals surface area contributed by atoms with Gasteiger partial charge < -0.3 is 25.3 Å². The summed E-state index contributed by atoms with van der Waals surface area (Å²) in [5.74, 6) is 0.369. The van der Waals surface area contributed by atoms with Crippen molar-refractivity contribution < 1.29 is 14.4 Å². The van der Waals surface area contributed by atoms with Crippen LogP contribution in [-0.2, 0) is 16.0 Å². The number of benzene rings is 2. The summed E-state index contributed by atoms with van der Waals surface area (Å²) in [6.07, 6.45) is 4.37. The highest BCUT2D eigenvalue weighted by Crippen LogP contribution is 2.31. The summed E-state index contributed by atoms with van der Waals surface area (Å²) in [5, 5.41) is 6.43. The zero-order valence-corrected chi connectivity index (χ0v) is 21.5. The first kappa shape index (κ1) is 25.3. The van der Waals surface area contributed by atoms with Crippen molar-refractivity contribution in [1.29, 1.82) is 0 Å². The molecule has 37 heavy (non-hydrogen) atoms. The van der Waals surface area contributed by atoms with E-state index in [-0.39, 0.29) is 30.1 Å². The standard InChI is InChI=1S/C29H37N5O3/c35-27(20-22-6-2-1-3-7-22)31-25-21-24(29(37)33-14-5-12-30-13-15-33)10-11-26(25)32-16-18-34(19-17-32)28(36)23-8-4-9-23/h1-3,6-7,10-11,21,23,30H,4-5,8-9,12-20H2,(H,31,35). The van der Waals surface area contributed by atoms with Crippen LogP contribution in [0.25, 0.3) is 0 Å². The van der Waals surface area contributed by atoms with Gasteiger partial charge in [0.15, 0.2) is 0 Å². The van der Waals surface area contributed by atoms with Gasteiger partial charge in [-0.15, -0.1) is 0 Å². The Kier molecular flexibility index (Phi) is 8.04. The topological polar surface area (TPSA) is 85.0 Å². The lowest BCUT2D eigenvalue weighted by molar-refractivity contribution is -0.138. The Bertz CT molecular complexity index is 1100. The Hall–Kier alpha value is -3.39. The van der Waals surface area contributed by atoms with E-state index in [4.69, 9.17) is 0 Å². The van der Waals surface area contributed by atoms with Crippen molar-refractivity contribution in [1.82, 2.24) is 15.1 Å². The van der Waals surface area contributed by atoms with Crippen LogP contribution < -0.4 is 15.5 Å². The molecule has 1 aliphatic carbocycles. The SMILES string of the molecule is O=C(Cc1ccccc1)Nc1cc(C(=O)N2CCCNCC2)ccc1N1CCN(C(=O)C2CCC2)CC1. The molecule has 196 valence electrons. The highest BCUT2D eigenvalue weighted by molar-refractivity contribution is 6.00. The van der Waals surface area contributed by atoms with Crippen molar-refractivity contribution in [2.75, 3.05) is 62.6 Å². The molecule has 3 fully saturated rings. The molecule has 3 aliphatic rings. The smallest absolute Gasteiger partial charge is 0.253 e. The van der Waals surface area contributed by atoms with Crippen LogP contribution in [0.2, 0.25) is 0 Å². The van der Waals surface area contributed by atoms with Crippen molar-refractivity contribution in [2.24, 2.45) is 5.92 Å². The molecule has 3 amide bonds. The van der Waals surface area contributed by atoms with Gasteiger partial charge in [0.2, 0.25) is 11.8 Å². The Balaban J connectivity index is 1.33. The van der Waals surface area contributed by atoms with Gasteiger partial charge in [-0.2, -0.15) is 0 Å². The summed E-state index contributed by atoms with van der Waals surface area (Å²) in [6.45, 7) is 5.85. The molecule has 8 heteroatoms. The number of carbonyl (C=O) groups is 3. The van der Waals surface area contributed by atoms with Crippen molar-refractivity contribution in [3.05, 3.63) is 59.7 Å². The molecule has 2 aromatic rings. The molecule has 0 atom stereocenters. The van der Waals surface area contributed by atoms with Crippen LogP contribution in [0.3, 0.4) is 0 Å². The Labute approximate surface area is 219 Å². The lowest BCUT2D eigenvalue weighted by atomic mass is 9.84. The zero-order valence-electron chi connectivity index (χ0n) is 21.5. The lowest BCUT2D eigenvalue weighted by Crippen LogP contribution is -2.51. The molecule has 0 radical (unpaired) electrons. The third kappa shape index (κ3) is 6.13. The number of anilines is 2. The van der Waals surface area contributed by atoms with Crippen molar-refractivity contribution >= 4 is 29.1 Å². The third-order valence-corrected chi connectivity index (χ3v) is 7.74. The summed E-state index contributed by atoms with van der Waals surface area (Å²) in [4.78, 5) is 45.1. The fraction of sp³-hybridized carbons (Fsp3) is 0.483. The van der Waals surface area contributed by atoms with Crippen molar-refractivity contribution in [3.8, 4) is 0 Å². The molecular formula is C29H37N5O3. The number of carbonyl (C=O) groups excluding carboxylic acids is 3. The normalized spacial score (nSPS) is 18.6. The molecule has 5 rings (SSSR count). The van der Waals surface area contributed by atoms with Gasteiger partial charge in [0.05, 0.1) is 17.8 Å². The van der Waals surface area contributed by atoms with E-state index in [1.165, 1.54) is 0 Å². The minimum Gasteiger partial charge on any atom is -0.366 e. The Morgan fingerprint density at radius 1 is 0.838 bits per heavy atom. The molecule has 2 N–H and O–H groups in total. The fourth-order valence-electron chi connectivity index (χ4n) is 5.33. The van der Waals surface area contributed by atoms with Gasteiger partial charge in [-0.1, -0.05) is 36.8 Å². The van der Waals surface area contributed by atoms with E-state index in [0.717, 1.165) is 56.6 Å². The van der Waals surface area contributed by atoms with E-state index in [9.17, 15) is 14.4 Å². The molecule has 2 heterocycles. The largest absolute Gasteiger partial charge is 0.366 e. The first-order valence-corrected chi connectivity index (χ1v) is 13.6. The summed E-state index contributed by atoms with van der Waals surface area (Å²) in [6, 6.07) is 15.3. The maximum absolute atomic E-state index is 13.3. The van der Waals surface area contributed by atoms with Crippen molar-refractivity contribution in [2.45, 2.75) is 32.1 Å². The minimum atomic E-state index is -0.116. The first-order valence-electron chi connectivity index (χ1n) is 13.6. The molecule has 2 saturated heterocycles. The predicted molar refractivity (Wildman–Crippen MR) is 145 cm³/mol. The van der Waals surface area contributed by atoms with E-state index in [1.54, 1.807) is 0 Å². The second kappa shape index (κ2) is 11.8. The van der Waals surface area contributed by atoms with Crippen LogP contribution >= 0.6 is 0 Å². The average molecular weight is 504 g/mol. The van der Waals surface area contributed by atoms with E-state index in [2.05, 4.69) is 15.5 Å². The maximum Gasteiger partial charge on any atom is 0.253 e. The number of rotatable bonds is 6. The molecule has 0 spiro atoms. The quantitative estimate of drug-likeness (QED) is 0.633. The molecular weight excluding hydrogens is 466 g/mol. The van der Waals surface area contributed by atoms with Crippen molar-refractivity contribution in [3.63, 3.8) is 0 Å². The maximum atomic E-state index is 13.3. The first-order chi connectivity index (χ1) is 18.1. The second-order valence-corrected chi connectivity index (χ2v) is 10.3. The monoisotopic (exact) mass is 503 g/mol. The number of piperazine rings is 1. The number of amides is 3. The van der Waals surface area contributed by atoms with Crippen LogP contribution in [0.4, 0.5) is 11.4 Å². The number of nitrogens with one attached hydrogen (secondary N) is 2. The average Bonchev–Trinajstić information content (AvgIpc) is 3.18. The van der Waals surface area contributed by atoms with Gasteiger partial charge in [0.25, 0.3) is 5.91 Å². The van der Waals surface area contributed by atoms with Crippen LogP contribution in [0.5, 0.6) is 0 Å². The van der Waals surface area contributed by atoms with E-state index >= 15 is 0 Å². The molecule has 8 nitrogen and oxygen atoms in total. The second-order valence-electron chi connectivity index (χ2n) is 10.3. The zero-order chi connectivity index (χ0) is 25.6. The molecule has 1 saturated carbocycles. The Morgan fingerprint density at radius 3 is 2.35 bits per heavy atom. The van der Waals surface area contributed by atoms with Gasteiger partial charge >= 0.3 is 0 Å². The number of hydrogen-bond acceptors (Lipinski definition) is 5. The molecule has 0 bridgehead atoms. The summed E-state index contributed by atoms with van der Waals surface area (Å²) in [5.41, 5.74) is 3.07. The van der Waals surface area contributed by atoms with Gasteiger partial charge in [-0.25, -0.2) is 0 Å². The molecule has 0 aromatic heterocycles. The molecule has 0 unspecified atom stereocenters. The summed E-state index contributed by atoms with van der Waals surface area (Å²) < 4.78 is 0. The van der Waals surface area contributed by atoms with E-state index in [0.29, 0.717) is 44.0 Å². The highest BCUT2D eigenvalue weighted by Gasteiger charge is 2.32. The molecule has 2 aromatic carbocycles. The molecule has 2 aliphatic heterocycles. The van der Waals surface area contributed by atoms with Gasteiger partial charge in [-0.3, -0.25) is 14.4 Å². The highest BCUT2D eigenvalue weighted by atomic mass is 16.2. The van der Waals surface area contributed by atoms with E-state index in [1.807, 2.05) is 58.3 Å². The minimum absolute atomic E-state index is 0.00952. The Morgan fingerprint density at radius 2 is 1.62 bits per heavy atom.